The Hall–Kier alpha value is -1.26. The molecule has 0 unspecified atom stereocenters. The number of aromatic nitrogens is 2. The molecule has 0 saturated carbocycles. The lowest BCUT2D eigenvalue weighted by Gasteiger charge is -2.13. The van der Waals surface area contributed by atoms with Gasteiger partial charge in [0, 0.05) is 22.3 Å². The molecule has 0 spiro atoms. The smallest absolute Gasteiger partial charge is 0.133 e. The van der Waals surface area contributed by atoms with Crippen molar-refractivity contribution in [2.75, 3.05) is 6.54 Å². The highest BCUT2D eigenvalue weighted by Gasteiger charge is 2.12. The minimum Gasteiger partial charge on any atom is -0.330 e. The molecule has 0 amide bonds. The van der Waals surface area contributed by atoms with E-state index in [2.05, 4.69) is 54.0 Å². The standard InChI is InChI=1S/C17H22BrN3/c1-3-15-14(9-10-19)16(4-2)21-17(20-15)11-12-5-7-13(18)8-6-12/h5-8H,3-4,9-11,19H2,1-2H3. The maximum Gasteiger partial charge on any atom is 0.133 e. The van der Waals surface area contributed by atoms with Gasteiger partial charge in [-0.2, -0.15) is 0 Å². The van der Waals surface area contributed by atoms with Gasteiger partial charge < -0.3 is 5.73 Å². The fourth-order valence-electron chi connectivity index (χ4n) is 2.52. The number of rotatable bonds is 6. The molecule has 2 aromatic rings. The van der Waals surface area contributed by atoms with Crippen LogP contribution >= 0.6 is 15.9 Å². The Morgan fingerprint density at radius 3 is 2.05 bits per heavy atom. The van der Waals surface area contributed by atoms with Crippen molar-refractivity contribution in [1.82, 2.24) is 9.97 Å². The minimum atomic E-state index is 0.648. The first-order valence-corrected chi connectivity index (χ1v) is 8.29. The van der Waals surface area contributed by atoms with Crippen molar-refractivity contribution >= 4 is 15.9 Å². The fourth-order valence-corrected chi connectivity index (χ4v) is 2.78. The highest BCUT2D eigenvalue weighted by molar-refractivity contribution is 9.10. The number of nitrogens with two attached hydrogens (primary N) is 1. The van der Waals surface area contributed by atoms with Gasteiger partial charge in [0.25, 0.3) is 0 Å². The molecule has 0 radical (unpaired) electrons. The zero-order chi connectivity index (χ0) is 15.2. The molecule has 1 heterocycles. The number of aryl methyl sites for hydroxylation is 2. The Morgan fingerprint density at radius 1 is 1.00 bits per heavy atom. The molecule has 0 fully saturated rings. The largest absolute Gasteiger partial charge is 0.330 e. The quantitative estimate of drug-likeness (QED) is 0.870. The average molecular weight is 348 g/mol. The van der Waals surface area contributed by atoms with Crippen molar-refractivity contribution in [3.8, 4) is 0 Å². The Labute approximate surface area is 135 Å². The summed E-state index contributed by atoms with van der Waals surface area (Å²) in [5.41, 5.74) is 10.5. The van der Waals surface area contributed by atoms with Crippen LogP contribution in [0, 0.1) is 0 Å². The molecular formula is C17H22BrN3. The van der Waals surface area contributed by atoms with Gasteiger partial charge in [-0.05, 0) is 49.1 Å². The summed E-state index contributed by atoms with van der Waals surface area (Å²) in [5.74, 6) is 0.909. The molecule has 2 N–H and O–H groups in total. The maximum atomic E-state index is 5.72. The van der Waals surface area contributed by atoms with E-state index in [0.29, 0.717) is 6.54 Å². The van der Waals surface area contributed by atoms with Crippen LogP contribution in [0.4, 0.5) is 0 Å². The monoisotopic (exact) mass is 347 g/mol. The Kier molecular flexibility index (Phi) is 5.88. The van der Waals surface area contributed by atoms with Crippen molar-refractivity contribution in [2.45, 2.75) is 39.5 Å². The molecule has 0 bridgehead atoms. The molecule has 21 heavy (non-hydrogen) atoms. The summed E-state index contributed by atoms with van der Waals surface area (Å²) in [6, 6.07) is 8.33. The van der Waals surface area contributed by atoms with E-state index in [9.17, 15) is 0 Å². The molecule has 112 valence electrons. The molecule has 4 heteroatoms. The first-order chi connectivity index (χ1) is 10.2. The lowest BCUT2D eigenvalue weighted by molar-refractivity contribution is 0.802. The van der Waals surface area contributed by atoms with E-state index in [1.807, 2.05) is 0 Å². The Morgan fingerprint density at radius 2 is 1.57 bits per heavy atom. The number of benzene rings is 1. The van der Waals surface area contributed by atoms with Crippen LogP contribution in [0.3, 0.4) is 0 Å². The second kappa shape index (κ2) is 7.66. The van der Waals surface area contributed by atoms with Crippen LogP contribution in [0.5, 0.6) is 0 Å². The van der Waals surface area contributed by atoms with Gasteiger partial charge in [-0.1, -0.05) is 41.9 Å². The van der Waals surface area contributed by atoms with E-state index in [1.165, 1.54) is 11.1 Å². The van der Waals surface area contributed by atoms with E-state index >= 15 is 0 Å². The van der Waals surface area contributed by atoms with Crippen LogP contribution in [0.2, 0.25) is 0 Å². The second-order valence-electron chi connectivity index (χ2n) is 5.06. The number of hydrogen-bond donors (Lipinski definition) is 1. The molecule has 2 rings (SSSR count). The average Bonchev–Trinajstić information content (AvgIpc) is 2.50. The molecule has 1 aromatic heterocycles. The molecule has 3 nitrogen and oxygen atoms in total. The Bertz CT molecular complexity index is 568. The SMILES string of the molecule is CCc1nc(Cc2ccc(Br)cc2)nc(CC)c1CCN. The maximum absolute atomic E-state index is 5.72. The lowest BCUT2D eigenvalue weighted by atomic mass is 10.0. The molecule has 0 aliphatic heterocycles. The lowest BCUT2D eigenvalue weighted by Crippen LogP contribution is -2.13. The molecule has 0 aliphatic carbocycles. The predicted molar refractivity (Wildman–Crippen MR) is 90.5 cm³/mol. The predicted octanol–water partition coefficient (Wildman–Crippen LogP) is 3.46. The van der Waals surface area contributed by atoms with Crippen LogP contribution in [0.15, 0.2) is 28.7 Å². The van der Waals surface area contributed by atoms with E-state index in [0.717, 1.165) is 47.4 Å². The van der Waals surface area contributed by atoms with Gasteiger partial charge in [0.2, 0.25) is 0 Å². The van der Waals surface area contributed by atoms with Crippen LogP contribution in [0.25, 0.3) is 0 Å². The van der Waals surface area contributed by atoms with Crippen molar-refractivity contribution in [1.29, 1.82) is 0 Å². The van der Waals surface area contributed by atoms with Gasteiger partial charge in [0.05, 0.1) is 0 Å². The molecule has 1 aromatic carbocycles. The van der Waals surface area contributed by atoms with Crippen LogP contribution in [-0.2, 0) is 25.7 Å². The Balaban J connectivity index is 2.33. The molecule has 0 atom stereocenters. The van der Waals surface area contributed by atoms with Gasteiger partial charge >= 0.3 is 0 Å². The van der Waals surface area contributed by atoms with Crippen LogP contribution < -0.4 is 5.73 Å². The van der Waals surface area contributed by atoms with Crippen LogP contribution in [0.1, 0.15) is 42.2 Å². The normalized spacial score (nSPS) is 10.9. The van der Waals surface area contributed by atoms with Gasteiger partial charge in [0.1, 0.15) is 5.82 Å². The summed E-state index contributed by atoms with van der Waals surface area (Å²) in [5, 5.41) is 0. The van der Waals surface area contributed by atoms with Gasteiger partial charge in [0.15, 0.2) is 0 Å². The zero-order valence-corrected chi connectivity index (χ0v) is 14.3. The molecular weight excluding hydrogens is 326 g/mol. The molecule has 0 aliphatic rings. The highest BCUT2D eigenvalue weighted by Crippen LogP contribution is 2.17. The number of hydrogen-bond acceptors (Lipinski definition) is 3. The second-order valence-corrected chi connectivity index (χ2v) is 5.98. The van der Waals surface area contributed by atoms with E-state index in [-0.39, 0.29) is 0 Å². The van der Waals surface area contributed by atoms with E-state index < -0.39 is 0 Å². The van der Waals surface area contributed by atoms with Gasteiger partial charge in [-0.15, -0.1) is 0 Å². The van der Waals surface area contributed by atoms with Crippen molar-refractivity contribution in [2.24, 2.45) is 5.73 Å². The first-order valence-electron chi connectivity index (χ1n) is 7.50. The third kappa shape index (κ3) is 4.11. The number of nitrogens with zero attached hydrogens (tertiary/aromatic N) is 2. The number of halogens is 1. The zero-order valence-electron chi connectivity index (χ0n) is 12.7. The molecule has 0 saturated heterocycles. The minimum absolute atomic E-state index is 0.648. The van der Waals surface area contributed by atoms with Crippen molar-refractivity contribution < 1.29 is 0 Å². The summed E-state index contributed by atoms with van der Waals surface area (Å²) in [6.45, 7) is 4.94. The first kappa shape index (κ1) is 16.1. The van der Waals surface area contributed by atoms with E-state index in [1.54, 1.807) is 0 Å². The summed E-state index contributed by atoms with van der Waals surface area (Å²) in [6.07, 6.45) is 3.50. The van der Waals surface area contributed by atoms with Gasteiger partial charge in [-0.25, -0.2) is 9.97 Å². The topological polar surface area (TPSA) is 51.8 Å². The summed E-state index contributed by atoms with van der Waals surface area (Å²) < 4.78 is 1.09. The summed E-state index contributed by atoms with van der Waals surface area (Å²) in [4.78, 5) is 9.52. The summed E-state index contributed by atoms with van der Waals surface area (Å²) in [7, 11) is 0. The van der Waals surface area contributed by atoms with Crippen molar-refractivity contribution in [3.05, 3.63) is 57.1 Å². The van der Waals surface area contributed by atoms with E-state index in [4.69, 9.17) is 15.7 Å². The highest BCUT2D eigenvalue weighted by atomic mass is 79.9. The third-order valence-electron chi connectivity index (χ3n) is 3.56. The van der Waals surface area contributed by atoms with Crippen LogP contribution in [-0.4, -0.2) is 16.5 Å². The third-order valence-corrected chi connectivity index (χ3v) is 4.09. The fraction of sp³-hybridized carbons (Fsp3) is 0.412. The summed E-state index contributed by atoms with van der Waals surface area (Å²) >= 11 is 3.46. The van der Waals surface area contributed by atoms with Crippen molar-refractivity contribution in [3.63, 3.8) is 0 Å². The van der Waals surface area contributed by atoms with Gasteiger partial charge in [-0.3, -0.25) is 0 Å².